The zero-order valence-corrected chi connectivity index (χ0v) is 20.5. The summed E-state index contributed by atoms with van der Waals surface area (Å²) < 4.78 is 4.21. The Bertz CT molecular complexity index is 1730. The summed E-state index contributed by atoms with van der Waals surface area (Å²) in [6.07, 6.45) is 0. The van der Waals surface area contributed by atoms with Gasteiger partial charge in [-0.25, -0.2) is 0 Å². The van der Waals surface area contributed by atoms with Gasteiger partial charge < -0.3 is 4.90 Å². The number of anilines is 3. The molecule has 0 unspecified atom stereocenters. The molecule has 3 aromatic heterocycles. The van der Waals surface area contributed by atoms with Crippen LogP contribution in [0.25, 0.3) is 22.3 Å². The van der Waals surface area contributed by atoms with Crippen molar-refractivity contribution >= 4 is 57.8 Å². The summed E-state index contributed by atoms with van der Waals surface area (Å²) in [4.78, 5) is 2.41. The summed E-state index contributed by atoms with van der Waals surface area (Å²) in [5.74, 6) is 1.65. The van der Waals surface area contributed by atoms with Crippen LogP contribution in [0.5, 0.6) is 0 Å². The molecule has 7 nitrogen and oxygen atoms in total. The topological polar surface area (TPSA) is 63.6 Å². The summed E-state index contributed by atoms with van der Waals surface area (Å²) in [7, 11) is -1.87. The second-order valence-electron chi connectivity index (χ2n) is 9.45. The van der Waals surface area contributed by atoms with E-state index < -0.39 is 8.07 Å². The van der Waals surface area contributed by atoms with Gasteiger partial charge in [-0.2, -0.15) is 0 Å². The van der Waals surface area contributed by atoms with Crippen LogP contribution in [0.15, 0.2) is 66.7 Å². The minimum Gasteiger partial charge on any atom is -0.309 e. The molecule has 3 aromatic carbocycles. The van der Waals surface area contributed by atoms with Crippen LogP contribution in [-0.2, 0) is 0 Å². The van der Waals surface area contributed by atoms with E-state index in [1.165, 1.54) is 21.7 Å². The minimum absolute atomic E-state index is 0.714. The molecule has 0 saturated heterocycles. The van der Waals surface area contributed by atoms with Crippen LogP contribution in [0, 0.1) is 13.8 Å². The van der Waals surface area contributed by atoms with Gasteiger partial charge in [0.1, 0.15) is 19.7 Å². The number of hydrogen-bond acceptors (Lipinski definition) is 5. The van der Waals surface area contributed by atoms with Gasteiger partial charge in [0, 0.05) is 11.4 Å². The van der Waals surface area contributed by atoms with Gasteiger partial charge in [0.25, 0.3) is 0 Å². The van der Waals surface area contributed by atoms with Gasteiger partial charge >= 0.3 is 0 Å². The number of rotatable bonds is 1. The van der Waals surface area contributed by atoms with Crippen LogP contribution in [-0.4, -0.2) is 37.3 Å². The maximum atomic E-state index is 4.49. The molecule has 1 aliphatic heterocycles. The fourth-order valence-corrected chi connectivity index (χ4v) is 8.60. The molecule has 1 aliphatic rings. The summed E-state index contributed by atoms with van der Waals surface area (Å²) in [5, 5.41) is 20.6. The first-order valence-corrected chi connectivity index (χ1v) is 14.5. The molecule has 34 heavy (non-hydrogen) atoms. The number of benzene rings is 3. The molecule has 0 saturated carbocycles. The van der Waals surface area contributed by atoms with Crippen molar-refractivity contribution in [1.82, 2.24) is 29.2 Å². The van der Waals surface area contributed by atoms with E-state index in [1.54, 1.807) is 0 Å². The molecule has 0 bridgehead atoms. The summed E-state index contributed by atoms with van der Waals surface area (Å²) >= 11 is 0. The van der Waals surface area contributed by atoms with Gasteiger partial charge in [-0.05, 0) is 48.5 Å². The third-order valence-electron chi connectivity index (χ3n) is 7.19. The van der Waals surface area contributed by atoms with E-state index in [9.17, 15) is 0 Å². The Kier molecular flexibility index (Phi) is 3.72. The van der Waals surface area contributed by atoms with Crippen LogP contribution in [0.1, 0.15) is 11.6 Å². The molecule has 7 rings (SSSR count). The summed E-state index contributed by atoms with van der Waals surface area (Å²) in [6, 6.07) is 24.1. The van der Waals surface area contributed by atoms with Crippen LogP contribution < -0.4 is 15.3 Å². The highest BCUT2D eigenvalue weighted by Crippen LogP contribution is 2.41. The van der Waals surface area contributed by atoms with Crippen LogP contribution in [0.4, 0.5) is 17.1 Å². The van der Waals surface area contributed by atoms with Crippen molar-refractivity contribution in [1.29, 1.82) is 0 Å². The van der Waals surface area contributed by atoms with Crippen molar-refractivity contribution in [2.75, 3.05) is 4.90 Å². The highest BCUT2D eigenvalue weighted by Gasteiger charge is 2.38. The fraction of sp³-hybridized carbons (Fsp3) is 0.154. The van der Waals surface area contributed by atoms with Gasteiger partial charge in [-0.1, -0.05) is 55.6 Å². The Morgan fingerprint density at radius 3 is 1.76 bits per heavy atom. The summed E-state index contributed by atoms with van der Waals surface area (Å²) in [6.45, 7) is 8.85. The Balaban J connectivity index is 1.69. The fourth-order valence-electron chi connectivity index (χ4n) is 5.61. The molecular weight excluding hydrogens is 438 g/mol. The largest absolute Gasteiger partial charge is 0.309 e. The average molecular weight is 462 g/mol. The first-order chi connectivity index (χ1) is 16.5. The molecule has 6 aromatic rings. The number of fused-ring (bicyclic) bond motifs is 8. The smallest absolute Gasteiger partial charge is 0.207 e. The predicted octanol–water partition coefficient (Wildman–Crippen LogP) is 4.15. The number of aromatic nitrogens is 6. The second-order valence-corrected chi connectivity index (χ2v) is 13.8. The number of nitrogens with zero attached hydrogens (tertiary/aromatic N) is 7. The van der Waals surface area contributed by atoms with Crippen LogP contribution in [0.2, 0.25) is 13.1 Å². The normalized spacial score (nSPS) is 14.6. The Morgan fingerprint density at radius 1 is 0.588 bits per heavy atom. The molecule has 0 atom stereocenters. The number of aryl methyl sites for hydroxylation is 2. The van der Waals surface area contributed by atoms with E-state index in [0.717, 1.165) is 34.0 Å². The molecular formula is C26H23N7Si. The zero-order chi connectivity index (χ0) is 23.2. The maximum absolute atomic E-state index is 4.49. The van der Waals surface area contributed by atoms with Crippen molar-refractivity contribution < 1.29 is 0 Å². The van der Waals surface area contributed by atoms with E-state index in [4.69, 9.17) is 0 Å². The van der Waals surface area contributed by atoms with Crippen LogP contribution >= 0.6 is 0 Å². The van der Waals surface area contributed by atoms with E-state index >= 15 is 0 Å². The molecule has 0 amide bonds. The molecule has 0 radical (unpaired) electrons. The van der Waals surface area contributed by atoms with E-state index in [2.05, 4.69) is 114 Å². The Hall–Kier alpha value is -4.04. The highest BCUT2D eigenvalue weighted by molar-refractivity contribution is 7.02. The minimum atomic E-state index is -1.87. The maximum Gasteiger partial charge on any atom is 0.207 e. The van der Waals surface area contributed by atoms with E-state index in [1.807, 2.05) is 13.8 Å². The molecule has 4 heterocycles. The molecule has 0 N–H and O–H groups in total. The van der Waals surface area contributed by atoms with Gasteiger partial charge in [0.15, 0.2) is 0 Å². The van der Waals surface area contributed by atoms with Gasteiger partial charge in [0.05, 0.1) is 16.7 Å². The molecule has 8 heteroatoms. The lowest BCUT2D eigenvalue weighted by atomic mass is 10.1. The van der Waals surface area contributed by atoms with Gasteiger partial charge in [-0.15, -0.1) is 20.4 Å². The van der Waals surface area contributed by atoms with Crippen molar-refractivity contribution in [2.24, 2.45) is 0 Å². The molecule has 166 valence electrons. The van der Waals surface area contributed by atoms with Crippen molar-refractivity contribution in [3.05, 3.63) is 78.4 Å². The first-order valence-electron chi connectivity index (χ1n) is 11.5. The summed E-state index contributed by atoms with van der Waals surface area (Å²) in [5.41, 5.74) is 7.07. The molecule has 0 fully saturated rings. The third-order valence-corrected chi connectivity index (χ3v) is 10.7. The lowest BCUT2D eigenvalue weighted by Gasteiger charge is -2.41. The van der Waals surface area contributed by atoms with Crippen molar-refractivity contribution in [3.8, 4) is 0 Å². The number of para-hydroxylation sites is 3. The Morgan fingerprint density at radius 2 is 1.12 bits per heavy atom. The van der Waals surface area contributed by atoms with Crippen molar-refractivity contribution in [3.63, 3.8) is 0 Å². The second kappa shape index (κ2) is 6.51. The van der Waals surface area contributed by atoms with Crippen molar-refractivity contribution in [2.45, 2.75) is 26.9 Å². The first kappa shape index (κ1) is 19.4. The highest BCUT2D eigenvalue weighted by atomic mass is 28.3. The standard InChI is InChI=1S/C26H23N7Si/c1-16-27-29-25-26-30-28-17(2)32(26)24-20(31(16)25)12-9-13-21(24)33-18-10-5-7-14-22(18)34(3,4)23-15-8-6-11-19(23)33/h5-15H,1-4H3. The van der Waals surface area contributed by atoms with E-state index in [-0.39, 0.29) is 0 Å². The quantitative estimate of drug-likeness (QED) is 0.344. The SMILES string of the molecule is Cc1nnc2c3nnc(C)n3c3c(N4c5ccccc5[Si](C)(C)c5ccccc54)cccc3n12. The average Bonchev–Trinajstić information content (AvgIpc) is 3.43. The lowest BCUT2D eigenvalue weighted by Crippen LogP contribution is -2.58. The van der Waals surface area contributed by atoms with Gasteiger partial charge in [0.2, 0.25) is 11.3 Å². The molecule has 0 aliphatic carbocycles. The number of hydrogen-bond donors (Lipinski definition) is 0. The monoisotopic (exact) mass is 461 g/mol. The third kappa shape index (κ3) is 2.30. The van der Waals surface area contributed by atoms with Crippen LogP contribution in [0.3, 0.4) is 0 Å². The Labute approximate surface area is 197 Å². The lowest BCUT2D eigenvalue weighted by molar-refractivity contribution is 1.01. The zero-order valence-electron chi connectivity index (χ0n) is 19.5. The predicted molar refractivity (Wildman–Crippen MR) is 138 cm³/mol. The van der Waals surface area contributed by atoms with Gasteiger partial charge in [-0.3, -0.25) is 8.80 Å². The van der Waals surface area contributed by atoms with E-state index in [0.29, 0.717) is 5.65 Å². The molecule has 0 spiro atoms.